The molecule has 0 spiro atoms. The summed E-state index contributed by atoms with van der Waals surface area (Å²) < 4.78 is 34.7. The standard InChI is InChI=1S/C29H33N3O5S/c1-2-37-29(34)32-17-16-31-25-18-20(28(33)30-38(35,36)21-13-14-21)12-15-22(25)26(19-8-4-3-5-9-19)27(31)23-10-6-7-11-24(23)32/h6-7,10-12,15,18-19,21H,2-5,8-9,13-14,16-17H2,1H3,(H,30,33). The minimum absolute atomic E-state index is 0.294. The van der Waals surface area contributed by atoms with Gasteiger partial charge in [0.2, 0.25) is 10.0 Å². The number of nitrogens with zero attached hydrogens (tertiary/aromatic N) is 2. The Morgan fingerprint density at radius 1 is 1.00 bits per heavy atom. The van der Waals surface area contributed by atoms with Gasteiger partial charge in [0.1, 0.15) is 0 Å². The zero-order valence-electron chi connectivity index (χ0n) is 21.6. The van der Waals surface area contributed by atoms with E-state index in [9.17, 15) is 18.0 Å². The number of amides is 2. The lowest BCUT2D eigenvalue weighted by atomic mass is 9.81. The molecule has 0 bridgehead atoms. The van der Waals surface area contributed by atoms with Crippen molar-refractivity contribution in [3.05, 3.63) is 53.6 Å². The van der Waals surface area contributed by atoms with Crippen molar-refractivity contribution in [2.75, 3.05) is 18.1 Å². The Hall–Kier alpha value is -3.33. The van der Waals surface area contributed by atoms with Gasteiger partial charge in [-0.1, -0.05) is 43.5 Å². The monoisotopic (exact) mass is 535 g/mol. The Labute approximate surface area is 223 Å². The quantitative estimate of drug-likeness (QED) is 0.462. The van der Waals surface area contributed by atoms with Crippen molar-refractivity contribution in [3.8, 4) is 11.3 Å². The first kappa shape index (κ1) is 25.0. The summed E-state index contributed by atoms with van der Waals surface area (Å²) >= 11 is 0. The highest BCUT2D eigenvalue weighted by molar-refractivity contribution is 7.91. The molecule has 2 aliphatic carbocycles. The molecule has 0 radical (unpaired) electrons. The molecule has 0 atom stereocenters. The first-order valence-corrected chi connectivity index (χ1v) is 15.2. The van der Waals surface area contributed by atoms with Crippen LogP contribution in [0, 0.1) is 0 Å². The number of anilines is 1. The number of aromatic nitrogens is 1. The van der Waals surface area contributed by atoms with Crippen molar-refractivity contribution in [2.45, 2.75) is 69.6 Å². The summed E-state index contributed by atoms with van der Waals surface area (Å²) in [7, 11) is -3.65. The molecule has 1 aromatic heterocycles. The SMILES string of the molecule is CCOC(=O)N1CCn2c(c(C3CCCCC3)c3ccc(C(=O)NS(=O)(=O)C4CC4)cc32)-c2ccccc21. The fourth-order valence-electron chi connectivity index (χ4n) is 6.12. The van der Waals surface area contributed by atoms with Crippen LogP contribution in [0.2, 0.25) is 0 Å². The largest absolute Gasteiger partial charge is 0.449 e. The maximum Gasteiger partial charge on any atom is 0.414 e. The number of hydrogen-bond donors (Lipinski definition) is 1. The van der Waals surface area contributed by atoms with Crippen molar-refractivity contribution in [1.29, 1.82) is 0 Å². The molecular weight excluding hydrogens is 502 g/mol. The number of para-hydroxylation sites is 1. The number of nitrogens with one attached hydrogen (secondary N) is 1. The van der Waals surface area contributed by atoms with E-state index < -0.39 is 21.2 Å². The average Bonchev–Trinajstić information content (AvgIpc) is 3.75. The summed E-state index contributed by atoms with van der Waals surface area (Å²) in [5, 5.41) is 0.621. The second-order valence-corrected chi connectivity index (χ2v) is 12.5. The van der Waals surface area contributed by atoms with Crippen molar-refractivity contribution < 1.29 is 22.7 Å². The van der Waals surface area contributed by atoms with Crippen LogP contribution in [0.25, 0.3) is 22.2 Å². The summed E-state index contributed by atoms with van der Waals surface area (Å²) in [6, 6.07) is 13.5. The first-order chi connectivity index (χ1) is 18.4. The van der Waals surface area contributed by atoms with E-state index in [1.54, 1.807) is 17.9 Å². The molecule has 9 heteroatoms. The lowest BCUT2D eigenvalue weighted by molar-refractivity contribution is 0.0981. The second-order valence-electron chi connectivity index (χ2n) is 10.5. The molecule has 200 valence electrons. The fourth-order valence-corrected chi connectivity index (χ4v) is 7.41. The topological polar surface area (TPSA) is 97.7 Å². The highest BCUT2D eigenvalue weighted by Gasteiger charge is 2.37. The molecule has 2 amide bonds. The van der Waals surface area contributed by atoms with E-state index in [-0.39, 0.29) is 6.09 Å². The number of carbonyl (C=O) groups excluding carboxylic acids is 2. The van der Waals surface area contributed by atoms with Gasteiger partial charge in [0.25, 0.3) is 5.91 Å². The Kier molecular flexibility index (Phi) is 6.42. The minimum Gasteiger partial charge on any atom is -0.449 e. The highest BCUT2D eigenvalue weighted by atomic mass is 32.2. The van der Waals surface area contributed by atoms with Crippen LogP contribution in [0.4, 0.5) is 10.5 Å². The molecule has 3 aliphatic rings. The molecule has 2 saturated carbocycles. The normalized spacial score (nSPS) is 18.0. The lowest BCUT2D eigenvalue weighted by Gasteiger charge is -2.24. The predicted molar refractivity (Wildman–Crippen MR) is 147 cm³/mol. The molecule has 6 rings (SSSR count). The maximum atomic E-state index is 13.0. The van der Waals surface area contributed by atoms with Gasteiger partial charge in [-0.05, 0) is 62.3 Å². The predicted octanol–water partition coefficient (Wildman–Crippen LogP) is 5.55. The number of hydrogen-bond acceptors (Lipinski definition) is 5. The molecular formula is C29H33N3O5S. The van der Waals surface area contributed by atoms with Crippen LogP contribution in [0.5, 0.6) is 0 Å². The van der Waals surface area contributed by atoms with Crippen LogP contribution in [-0.2, 0) is 21.3 Å². The van der Waals surface area contributed by atoms with Crippen molar-refractivity contribution >= 4 is 38.6 Å². The van der Waals surface area contributed by atoms with E-state index in [0.717, 1.165) is 40.7 Å². The van der Waals surface area contributed by atoms with Crippen LogP contribution in [-0.4, -0.2) is 43.4 Å². The first-order valence-electron chi connectivity index (χ1n) is 13.6. The van der Waals surface area contributed by atoms with E-state index >= 15 is 0 Å². The maximum absolute atomic E-state index is 13.0. The van der Waals surface area contributed by atoms with E-state index in [1.165, 1.54) is 24.8 Å². The Bertz CT molecular complexity index is 1520. The smallest absolute Gasteiger partial charge is 0.414 e. The van der Waals surface area contributed by atoms with E-state index in [0.29, 0.717) is 44.0 Å². The molecule has 8 nitrogen and oxygen atoms in total. The number of ether oxygens (including phenoxy) is 1. The number of carbonyl (C=O) groups is 2. The van der Waals surface area contributed by atoms with Gasteiger partial charge < -0.3 is 9.30 Å². The van der Waals surface area contributed by atoms with Crippen LogP contribution in [0.15, 0.2) is 42.5 Å². The van der Waals surface area contributed by atoms with Gasteiger partial charge in [-0.25, -0.2) is 17.9 Å². The van der Waals surface area contributed by atoms with Crippen LogP contribution >= 0.6 is 0 Å². The summed E-state index contributed by atoms with van der Waals surface area (Å²) in [6.45, 7) is 3.04. The minimum atomic E-state index is -3.65. The Morgan fingerprint density at radius 2 is 1.76 bits per heavy atom. The van der Waals surface area contributed by atoms with Crippen LogP contribution in [0.3, 0.4) is 0 Å². The van der Waals surface area contributed by atoms with Crippen LogP contribution < -0.4 is 9.62 Å². The number of sulfonamides is 1. The van der Waals surface area contributed by atoms with Gasteiger partial charge in [-0.15, -0.1) is 0 Å². The Balaban J connectivity index is 1.52. The molecule has 1 N–H and O–H groups in total. The molecule has 38 heavy (non-hydrogen) atoms. The summed E-state index contributed by atoms with van der Waals surface area (Å²) in [4.78, 5) is 27.7. The molecule has 3 aromatic rings. The van der Waals surface area contributed by atoms with E-state index in [4.69, 9.17) is 4.74 Å². The third-order valence-electron chi connectivity index (χ3n) is 8.06. The van der Waals surface area contributed by atoms with Crippen molar-refractivity contribution in [1.82, 2.24) is 9.29 Å². The summed E-state index contributed by atoms with van der Waals surface area (Å²) in [6.07, 6.45) is 6.58. The molecule has 1 aliphatic heterocycles. The summed E-state index contributed by atoms with van der Waals surface area (Å²) in [5.74, 6) is -0.227. The van der Waals surface area contributed by atoms with E-state index in [2.05, 4.69) is 15.4 Å². The van der Waals surface area contributed by atoms with Crippen molar-refractivity contribution in [2.24, 2.45) is 0 Å². The van der Waals surface area contributed by atoms with Gasteiger partial charge in [-0.2, -0.15) is 0 Å². The fraction of sp³-hybridized carbons (Fsp3) is 0.448. The molecule has 2 heterocycles. The molecule has 0 unspecified atom stereocenters. The number of fused-ring (bicyclic) bond motifs is 5. The van der Waals surface area contributed by atoms with Gasteiger partial charge >= 0.3 is 6.09 Å². The molecule has 2 aromatic carbocycles. The third kappa shape index (κ3) is 4.36. The molecule has 2 fully saturated rings. The van der Waals surface area contributed by atoms with Crippen molar-refractivity contribution in [3.63, 3.8) is 0 Å². The number of rotatable bonds is 5. The molecule has 0 saturated heterocycles. The highest BCUT2D eigenvalue weighted by Crippen LogP contribution is 2.47. The average molecular weight is 536 g/mol. The number of benzene rings is 2. The Morgan fingerprint density at radius 3 is 2.50 bits per heavy atom. The zero-order valence-corrected chi connectivity index (χ0v) is 22.4. The third-order valence-corrected chi connectivity index (χ3v) is 9.88. The van der Waals surface area contributed by atoms with E-state index in [1.807, 2.05) is 30.3 Å². The van der Waals surface area contributed by atoms with Crippen LogP contribution in [0.1, 0.15) is 73.7 Å². The van der Waals surface area contributed by atoms with Gasteiger partial charge in [-0.3, -0.25) is 9.69 Å². The second kappa shape index (κ2) is 9.76. The summed E-state index contributed by atoms with van der Waals surface area (Å²) in [5.41, 5.74) is 5.33. The van der Waals surface area contributed by atoms with Gasteiger partial charge in [0.05, 0.1) is 23.2 Å². The van der Waals surface area contributed by atoms with Gasteiger partial charge in [0.15, 0.2) is 0 Å². The lowest BCUT2D eigenvalue weighted by Crippen LogP contribution is -2.33. The van der Waals surface area contributed by atoms with Gasteiger partial charge in [0, 0.05) is 35.1 Å². The zero-order chi connectivity index (χ0) is 26.4.